The van der Waals surface area contributed by atoms with Gasteiger partial charge in [0.2, 0.25) is 0 Å². The molecule has 0 heteroatoms. The summed E-state index contributed by atoms with van der Waals surface area (Å²) in [5, 5.41) is 0. The highest BCUT2D eigenvalue weighted by molar-refractivity contribution is 5.65. The SMILES string of the molecule is [2H]C([2H])([2H])c1cc(-c2ccc(C)cc2)ccc1C. The lowest BCUT2D eigenvalue weighted by Crippen LogP contribution is -1.83. The molecule has 2 aromatic carbocycles. The summed E-state index contributed by atoms with van der Waals surface area (Å²) in [6.07, 6.45) is 0. The Bertz CT molecular complexity index is 551. The van der Waals surface area contributed by atoms with E-state index in [1.807, 2.05) is 50.2 Å². The third-order valence-electron chi connectivity index (χ3n) is 2.62. The van der Waals surface area contributed by atoms with Crippen molar-refractivity contribution in [1.29, 1.82) is 0 Å². The van der Waals surface area contributed by atoms with E-state index in [0.717, 1.165) is 16.7 Å². The highest BCUT2D eigenvalue weighted by Gasteiger charge is 1.98. The molecule has 0 aliphatic carbocycles. The van der Waals surface area contributed by atoms with Gasteiger partial charge in [-0.05, 0) is 43.0 Å². The van der Waals surface area contributed by atoms with Gasteiger partial charge in [-0.15, -0.1) is 0 Å². The fourth-order valence-electron chi connectivity index (χ4n) is 1.55. The molecule has 0 aliphatic heterocycles. The fraction of sp³-hybridized carbons (Fsp3) is 0.200. The molecule has 0 heterocycles. The van der Waals surface area contributed by atoms with Crippen molar-refractivity contribution >= 4 is 0 Å². The molecule has 0 bridgehead atoms. The number of benzene rings is 2. The largest absolute Gasteiger partial charge is 0.0587 e. The van der Waals surface area contributed by atoms with Crippen molar-refractivity contribution in [1.82, 2.24) is 0 Å². The smallest absolute Gasteiger partial charge is 0.0280 e. The topological polar surface area (TPSA) is 0 Å². The quantitative estimate of drug-likeness (QED) is 0.643. The van der Waals surface area contributed by atoms with E-state index >= 15 is 0 Å². The van der Waals surface area contributed by atoms with Crippen LogP contribution in [0.5, 0.6) is 0 Å². The van der Waals surface area contributed by atoms with Crippen molar-refractivity contribution in [3.8, 4) is 11.1 Å². The van der Waals surface area contributed by atoms with Crippen LogP contribution in [0.3, 0.4) is 0 Å². The molecule has 0 saturated carbocycles. The normalized spacial score (nSPS) is 14.1. The van der Waals surface area contributed by atoms with Crippen molar-refractivity contribution < 1.29 is 4.11 Å². The van der Waals surface area contributed by atoms with Gasteiger partial charge in [0.1, 0.15) is 0 Å². The average molecular weight is 199 g/mol. The average Bonchev–Trinajstić information content (AvgIpc) is 2.29. The van der Waals surface area contributed by atoms with Gasteiger partial charge in [0.05, 0.1) is 0 Å². The van der Waals surface area contributed by atoms with Crippen LogP contribution in [0.25, 0.3) is 11.1 Å². The summed E-state index contributed by atoms with van der Waals surface area (Å²) in [5.74, 6) is 0. The molecule has 0 atom stereocenters. The molecule has 76 valence electrons. The van der Waals surface area contributed by atoms with Crippen LogP contribution < -0.4 is 0 Å². The van der Waals surface area contributed by atoms with Gasteiger partial charge >= 0.3 is 0 Å². The van der Waals surface area contributed by atoms with Crippen LogP contribution in [0.4, 0.5) is 0 Å². The number of hydrogen-bond donors (Lipinski definition) is 0. The Labute approximate surface area is 95.8 Å². The van der Waals surface area contributed by atoms with Crippen molar-refractivity contribution in [3.05, 3.63) is 59.2 Å². The van der Waals surface area contributed by atoms with Crippen LogP contribution in [0.1, 0.15) is 20.8 Å². The fourth-order valence-corrected chi connectivity index (χ4v) is 1.55. The molecule has 15 heavy (non-hydrogen) atoms. The van der Waals surface area contributed by atoms with Gasteiger partial charge in [0.15, 0.2) is 0 Å². The number of aryl methyl sites for hydroxylation is 3. The molecule has 0 aliphatic rings. The molecular weight excluding hydrogens is 180 g/mol. The number of rotatable bonds is 1. The molecule has 0 nitrogen and oxygen atoms in total. The second-order valence-corrected chi connectivity index (χ2v) is 3.90. The molecule has 0 spiro atoms. The minimum Gasteiger partial charge on any atom is -0.0587 e. The lowest BCUT2D eigenvalue weighted by Gasteiger charge is -2.05. The first-order valence-electron chi connectivity index (χ1n) is 6.56. The van der Waals surface area contributed by atoms with Gasteiger partial charge in [-0.25, -0.2) is 0 Å². The van der Waals surface area contributed by atoms with Crippen LogP contribution >= 0.6 is 0 Å². The summed E-state index contributed by atoms with van der Waals surface area (Å²) in [6, 6.07) is 13.7. The lowest BCUT2D eigenvalue weighted by atomic mass is 10.00. The molecule has 0 radical (unpaired) electrons. The van der Waals surface area contributed by atoms with Crippen LogP contribution in [-0.4, -0.2) is 0 Å². The molecule has 2 rings (SSSR count). The van der Waals surface area contributed by atoms with E-state index in [9.17, 15) is 0 Å². The van der Waals surface area contributed by atoms with Crippen molar-refractivity contribution in [2.24, 2.45) is 0 Å². The van der Waals surface area contributed by atoms with Gasteiger partial charge < -0.3 is 0 Å². The molecular formula is C15H16. The van der Waals surface area contributed by atoms with Crippen molar-refractivity contribution in [2.45, 2.75) is 20.7 Å². The van der Waals surface area contributed by atoms with Gasteiger partial charge in [-0.1, -0.05) is 48.0 Å². The van der Waals surface area contributed by atoms with Crippen molar-refractivity contribution in [3.63, 3.8) is 0 Å². The van der Waals surface area contributed by atoms with Crippen LogP contribution in [-0.2, 0) is 0 Å². The van der Waals surface area contributed by atoms with E-state index in [4.69, 9.17) is 4.11 Å². The summed E-state index contributed by atoms with van der Waals surface area (Å²) in [6.45, 7) is 1.82. The highest BCUT2D eigenvalue weighted by Crippen LogP contribution is 2.22. The minimum absolute atomic E-state index is 0.431. The number of hydrogen-bond acceptors (Lipinski definition) is 0. The first-order valence-corrected chi connectivity index (χ1v) is 5.06. The Balaban J connectivity index is 2.50. The maximum Gasteiger partial charge on any atom is 0.0280 e. The zero-order valence-electron chi connectivity index (χ0n) is 12.0. The molecule has 0 saturated heterocycles. The monoisotopic (exact) mass is 199 g/mol. The molecule has 2 aromatic rings. The van der Waals surface area contributed by atoms with E-state index in [0.29, 0.717) is 5.56 Å². The predicted octanol–water partition coefficient (Wildman–Crippen LogP) is 4.28. The molecule has 0 amide bonds. The summed E-state index contributed by atoms with van der Waals surface area (Å²) >= 11 is 0. The maximum absolute atomic E-state index is 7.54. The Kier molecular flexibility index (Phi) is 1.78. The molecule has 0 N–H and O–H groups in total. The third kappa shape index (κ3) is 2.10. The highest BCUT2D eigenvalue weighted by atomic mass is 14.0. The van der Waals surface area contributed by atoms with Gasteiger partial charge in [0.25, 0.3) is 0 Å². The minimum atomic E-state index is -2.05. The van der Waals surface area contributed by atoms with Gasteiger partial charge in [0, 0.05) is 4.11 Å². The lowest BCUT2D eigenvalue weighted by molar-refractivity contribution is 1.34. The van der Waals surface area contributed by atoms with Crippen LogP contribution in [0.15, 0.2) is 42.5 Å². The predicted molar refractivity (Wildman–Crippen MR) is 66.1 cm³/mol. The second kappa shape index (κ2) is 3.90. The Hall–Kier alpha value is -1.56. The Morgan fingerprint density at radius 3 is 2.13 bits per heavy atom. The van der Waals surface area contributed by atoms with Gasteiger partial charge in [-0.2, -0.15) is 0 Å². The second-order valence-electron chi connectivity index (χ2n) is 3.90. The van der Waals surface area contributed by atoms with Crippen LogP contribution in [0.2, 0.25) is 0 Å². The van der Waals surface area contributed by atoms with E-state index < -0.39 is 6.85 Å². The van der Waals surface area contributed by atoms with E-state index in [1.54, 1.807) is 6.07 Å². The molecule has 0 fully saturated rings. The first kappa shape index (κ1) is 6.84. The molecule has 0 aromatic heterocycles. The van der Waals surface area contributed by atoms with E-state index in [2.05, 4.69) is 0 Å². The van der Waals surface area contributed by atoms with Crippen molar-refractivity contribution in [2.75, 3.05) is 0 Å². The van der Waals surface area contributed by atoms with E-state index in [1.165, 1.54) is 5.56 Å². The maximum atomic E-state index is 7.54. The summed E-state index contributed by atoms with van der Waals surface area (Å²) in [4.78, 5) is 0. The van der Waals surface area contributed by atoms with E-state index in [-0.39, 0.29) is 0 Å². The third-order valence-corrected chi connectivity index (χ3v) is 2.62. The summed E-state index contributed by atoms with van der Waals surface area (Å²) in [5.41, 5.74) is 4.44. The van der Waals surface area contributed by atoms with Crippen LogP contribution in [0, 0.1) is 20.7 Å². The first-order chi connectivity index (χ1) is 8.38. The Morgan fingerprint density at radius 2 is 1.47 bits per heavy atom. The zero-order valence-corrected chi connectivity index (χ0v) is 9.04. The summed E-state index contributed by atoms with van der Waals surface area (Å²) in [7, 11) is 0. The zero-order chi connectivity index (χ0) is 13.3. The standard InChI is InChI=1S/C15H16/c1-11-4-7-14(8-5-11)15-9-6-12(2)13(3)10-15/h4-10H,1-3H3/i3D3. The summed E-state index contributed by atoms with van der Waals surface area (Å²) < 4.78 is 22.6. The Morgan fingerprint density at radius 1 is 0.800 bits per heavy atom. The molecule has 0 unspecified atom stereocenters. The van der Waals surface area contributed by atoms with Gasteiger partial charge in [-0.3, -0.25) is 0 Å².